The molecule has 2 aromatic carbocycles. The highest BCUT2D eigenvalue weighted by Crippen LogP contribution is 2.29. The van der Waals surface area contributed by atoms with Gasteiger partial charge in [0.15, 0.2) is 0 Å². The Balaban J connectivity index is 1.64. The molecular weight excluding hydrogens is 330 g/mol. The van der Waals surface area contributed by atoms with Crippen molar-refractivity contribution in [1.29, 1.82) is 0 Å². The first-order valence-electron chi connectivity index (χ1n) is 7.06. The van der Waals surface area contributed by atoms with E-state index in [-0.39, 0.29) is 16.9 Å². The van der Waals surface area contributed by atoms with Crippen molar-refractivity contribution in [2.45, 2.75) is 4.90 Å². The minimum absolute atomic E-state index is 0.0617. The number of rotatable bonds is 5. The van der Waals surface area contributed by atoms with E-state index < -0.39 is 17.8 Å². The zero-order chi connectivity index (χ0) is 17.1. The molecule has 122 valence electrons. The number of fused-ring (bicyclic) bond motifs is 1. The van der Waals surface area contributed by atoms with Crippen LogP contribution in [0.15, 0.2) is 53.4 Å². The van der Waals surface area contributed by atoms with Gasteiger partial charge in [-0.15, -0.1) is 11.8 Å². The number of hydrogen-bond donors (Lipinski definition) is 0. The van der Waals surface area contributed by atoms with Crippen molar-refractivity contribution in [2.75, 3.05) is 12.9 Å². The number of hydroxylamine groups is 2. The first-order valence-corrected chi connectivity index (χ1v) is 8.05. The maximum absolute atomic E-state index is 12.1. The molecule has 0 aromatic heterocycles. The molecular formula is C17H13NO5S. The molecule has 3 rings (SSSR count). The quantitative estimate of drug-likeness (QED) is 0.614. The number of imide groups is 1. The Hall–Kier alpha value is -2.80. The summed E-state index contributed by atoms with van der Waals surface area (Å²) in [7, 11) is 1.54. The Labute approximate surface area is 142 Å². The van der Waals surface area contributed by atoms with Crippen LogP contribution < -0.4 is 4.74 Å². The summed E-state index contributed by atoms with van der Waals surface area (Å²) in [4.78, 5) is 41.9. The Kier molecular flexibility index (Phi) is 4.52. The van der Waals surface area contributed by atoms with Gasteiger partial charge in [0.1, 0.15) is 5.75 Å². The number of amides is 2. The van der Waals surface area contributed by atoms with E-state index in [9.17, 15) is 14.4 Å². The average Bonchev–Trinajstić information content (AvgIpc) is 2.85. The summed E-state index contributed by atoms with van der Waals surface area (Å²) >= 11 is 1.20. The van der Waals surface area contributed by atoms with Crippen LogP contribution in [0.4, 0.5) is 0 Å². The average molecular weight is 343 g/mol. The van der Waals surface area contributed by atoms with Crippen LogP contribution in [0.5, 0.6) is 5.75 Å². The van der Waals surface area contributed by atoms with Gasteiger partial charge in [0, 0.05) is 4.90 Å². The number of thioether (sulfide) groups is 1. The third kappa shape index (κ3) is 2.98. The highest BCUT2D eigenvalue weighted by molar-refractivity contribution is 8.00. The van der Waals surface area contributed by atoms with Gasteiger partial charge in [0.25, 0.3) is 11.8 Å². The van der Waals surface area contributed by atoms with E-state index in [1.54, 1.807) is 24.3 Å². The molecule has 0 fully saturated rings. The van der Waals surface area contributed by atoms with E-state index >= 15 is 0 Å². The number of hydrogen-bond acceptors (Lipinski definition) is 6. The second-order valence-electron chi connectivity index (χ2n) is 4.85. The molecule has 0 aliphatic carbocycles. The first kappa shape index (κ1) is 16.1. The van der Waals surface area contributed by atoms with E-state index in [1.165, 1.54) is 31.0 Å². The zero-order valence-corrected chi connectivity index (χ0v) is 13.5. The fraction of sp³-hybridized carbons (Fsp3) is 0.118. The van der Waals surface area contributed by atoms with E-state index in [0.717, 1.165) is 4.90 Å². The second kappa shape index (κ2) is 6.76. The van der Waals surface area contributed by atoms with Crippen molar-refractivity contribution in [3.8, 4) is 5.75 Å². The fourth-order valence-corrected chi connectivity index (χ4v) is 3.05. The number of ether oxygens (including phenoxy) is 1. The summed E-state index contributed by atoms with van der Waals surface area (Å²) in [6, 6.07) is 13.6. The minimum Gasteiger partial charge on any atom is -0.496 e. The smallest absolute Gasteiger partial charge is 0.343 e. The topological polar surface area (TPSA) is 72.9 Å². The van der Waals surface area contributed by atoms with Crippen molar-refractivity contribution in [1.82, 2.24) is 5.06 Å². The number of para-hydroxylation sites is 1. The summed E-state index contributed by atoms with van der Waals surface area (Å²) in [6.45, 7) is 0. The Bertz CT molecular complexity index is 785. The molecule has 0 spiro atoms. The van der Waals surface area contributed by atoms with Crippen LogP contribution in [-0.2, 0) is 9.63 Å². The SMILES string of the molecule is COc1ccccc1SCC(=O)ON1C(=O)c2ccccc2C1=O. The molecule has 2 amide bonds. The Morgan fingerprint density at radius 1 is 1.00 bits per heavy atom. The molecule has 0 radical (unpaired) electrons. The van der Waals surface area contributed by atoms with Crippen molar-refractivity contribution in [3.05, 3.63) is 59.7 Å². The lowest BCUT2D eigenvalue weighted by Gasteiger charge is -2.13. The number of benzene rings is 2. The zero-order valence-electron chi connectivity index (χ0n) is 12.7. The molecule has 24 heavy (non-hydrogen) atoms. The van der Waals surface area contributed by atoms with Crippen LogP contribution in [0.2, 0.25) is 0 Å². The maximum Gasteiger partial charge on any atom is 0.343 e. The van der Waals surface area contributed by atoms with Crippen LogP contribution in [0, 0.1) is 0 Å². The van der Waals surface area contributed by atoms with Crippen molar-refractivity contribution in [3.63, 3.8) is 0 Å². The minimum atomic E-state index is -0.694. The monoisotopic (exact) mass is 343 g/mol. The van der Waals surface area contributed by atoms with Crippen molar-refractivity contribution >= 4 is 29.5 Å². The maximum atomic E-state index is 12.1. The van der Waals surface area contributed by atoms with E-state index in [2.05, 4.69) is 0 Å². The van der Waals surface area contributed by atoms with Gasteiger partial charge in [-0.2, -0.15) is 0 Å². The lowest BCUT2D eigenvalue weighted by atomic mass is 10.1. The second-order valence-corrected chi connectivity index (χ2v) is 5.87. The lowest BCUT2D eigenvalue weighted by Crippen LogP contribution is -2.33. The van der Waals surface area contributed by atoms with Crippen LogP contribution in [-0.4, -0.2) is 35.7 Å². The van der Waals surface area contributed by atoms with E-state index in [4.69, 9.17) is 9.57 Å². The fourth-order valence-electron chi connectivity index (χ4n) is 2.25. The predicted molar refractivity (Wildman–Crippen MR) is 86.8 cm³/mol. The normalized spacial score (nSPS) is 13.0. The van der Waals surface area contributed by atoms with Crippen LogP contribution >= 0.6 is 11.8 Å². The molecule has 0 bridgehead atoms. The van der Waals surface area contributed by atoms with E-state index in [0.29, 0.717) is 10.8 Å². The van der Waals surface area contributed by atoms with Gasteiger partial charge in [0.05, 0.1) is 24.0 Å². The third-order valence-corrected chi connectivity index (χ3v) is 4.39. The molecule has 0 unspecified atom stereocenters. The number of methoxy groups -OCH3 is 1. The third-order valence-electron chi connectivity index (χ3n) is 3.36. The molecule has 1 aliphatic heterocycles. The van der Waals surface area contributed by atoms with Gasteiger partial charge in [-0.3, -0.25) is 9.59 Å². The van der Waals surface area contributed by atoms with Crippen LogP contribution in [0.3, 0.4) is 0 Å². The number of carbonyl (C=O) groups is 3. The molecule has 1 aliphatic rings. The lowest BCUT2D eigenvalue weighted by molar-refractivity contribution is -0.165. The van der Waals surface area contributed by atoms with Crippen LogP contribution in [0.25, 0.3) is 0 Å². The summed E-state index contributed by atoms with van der Waals surface area (Å²) in [5.41, 5.74) is 0.459. The first-order chi connectivity index (χ1) is 11.6. The van der Waals surface area contributed by atoms with Gasteiger partial charge in [-0.05, 0) is 24.3 Å². The van der Waals surface area contributed by atoms with Gasteiger partial charge >= 0.3 is 5.97 Å². The highest BCUT2D eigenvalue weighted by Gasteiger charge is 2.38. The standard InChI is InChI=1S/C17H13NO5S/c1-22-13-8-4-5-9-14(13)24-10-15(19)23-18-16(20)11-6-2-3-7-12(11)17(18)21/h2-9H,10H2,1H3. The molecule has 7 heteroatoms. The Morgan fingerprint density at radius 3 is 2.21 bits per heavy atom. The molecule has 1 heterocycles. The van der Waals surface area contributed by atoms with Gasteiger partial charge < -0.3 is 9.57 Å². The molecule has 6 nitrogen and oxygen atoms in total. The predicted octanol–water partition coefficient (Wildman–Crippen LogP) is 2.54. The van der Waals surface area contributed by atoms with E-state index in [1.807, 2.05) is 12.1 Å². The summed E-state index contributed by atoms with van der Waals surface area (Å²) in [5.74, 6) is -1.39. The van der Waals surface area contributed by atoms with Gasteiger partial charge in [-0.1, -0.05) is 29.3 Å². The Morgan fingerprint density at radius 2 is 1.58 bits per heavy atom. The number of nitrogens with zero attached hydrogens (tertiary/aromatic N) is 1. The molecule has 0 N–H and O–H groups in total. The molecule has 2 aromatic rings. The van der Waals surface area contributed by atoms with Crippen molar-refractivity contribution in [2.24, 2.45) is 0 Å². The van der Waals surface area contributed by atoms with Crippen molar-refractivity contribution < 1.29 is 24.0 Å². The summed E-state index contributed by atoms with van der Waals surface area (Å²) in [6.07, 6.45) is 0. The molecule has 0 saturated carbocycles. The summed E-state index contributed by atoms with van der Waals surface area (Å²) < 4.78 is 5.20. The molecule has 0 saturated heterocycles. The summed E-state index contributed by atoms with van der Waals surface area (Å²) in [5, 5.41) is 0.510. The van der Waals surface area contributed by atoms with Gasteiger partial charge in [0.2, 0.25) is 0 Å². The molecule has 0 atom stereocenters. The highest BCUT2D eigenvalue weighted by atomic mass is 32.2. The van der Waals surface area contributed by atoms with Gasteiger partial charge in [-0.25, -0.2) is 4.79 Å². The largest absolute Gasteiger partial charge is 0.496 e. The number of carbonyl (C=O) groups excluding carboxylic acids is 3. The van der Waals surface area contributed by atoms with Crippen LogP contribution in [0.1, 0.15) is 20.7 Å².